The number of rotatable bonds is 1. The zero-order valence-electron chi connectivity index (χ0n) is 8.17. The second-order valence-corrected chi connectivity index (χ2v) is 3.28. The maximum atomic E-state index is 4.31. The zero-order chi connectivity index (χ0) is 9.03. The van der Waals surface area contributed by atoms with Gasteiger partial charge in [-0.15, -0.1) is 0 Å². The van der Waals surface area contributed by atoms with E-state index in [-0.39, 0.29) is 0 Å². The monoisotopic (exact) mass is 163 g/mol. The van der Waals surface area contributed by atoms with Crippen molar-refractivity contribution in [2.24, 2.45) is 0 Å². The molecule has 1 saturated carbocycles. The Morgan fingerprint density at radius 3 is 2.33 bits per heavy atom. The van der Waals surface area contributed by atoms with Gasteiger partial charge in [-0.3, -0.25) is 4.98 Å². The van der Waals surface area contributed by atoms with Crippen molar-refractivity contribution in [2.45, 2.75) is 39.0 Å². The van der Waals surface area contributed by atoms with Gasteiger partial charge in [0.25, 0.3) is 0 Å². The Morgan fingerprint density at radius 1 is 1.25 bits per heavy atom. The van der Waals surface area contributed by atoms with Crippen molar-refractivity contribution >= 4 is 0 Å². The molecule has 12 heavy (non-hydrogen) atoms. The first kappa shape index (κ1) is 9.24. The third-order valence-corrected chi connectivity index (χ3v) is 2.28. The molecule has 0 amide bonds. The summed E-state index contributed by atoms with van der Waals surface area (Å²) >= 11 is 0. The van der Waals surface area contributed by atoms with Crippen LogP contribution in [-0.4, -0.2) is 4.98 Å². The Bertz CT molecular complexity index is 224. The van der Waals surface area contributed by atoms with E-state index in [9.17, 15) is 0 Å². The lowest BCUT2D eigenvalue weighted by molar-refractivity contribution is 0.750. The number of hydrogen-bond acceptors (Lipinski definition) is 1. The average Bonchev–Trinajstić information content (AvgIpc) is 2.90. The molecule has 0 aliphatic heterocycles. The molecule has 0 N–H and O–H groups in total. The molecule has 1 heteroatoms. The number of nitrogens with zero attached hydrogens (tertiary/aromatic N) is 1. The second-order valence-electron chi connectivity index (χ2n) is 3.28. The van der Waals surface area contributed by atoms with Crippen molar-refractivity contribution in [3.05, 3.63) is 30.1 Å². The van der Waals surface area contributed by atoms with Crippen LogP contribution < -0.4 is 0 Å². The highest BCUT2D eigenvalue weighted by atomic mass is 14.7. The summed E-state index contributed by atoms with van der Waals surface area (Å²) in [5.41, 5.74) is 1.69. The van der Waals surface area contributed by atoms with Crippen LogP contribution >= 0.6 is 0 Å². The highest BCUT2D eigenvalue weighted by molar-refractivity contribution is 5.22. The summed E-state index contributed by atoms with van der Waals surface area (Å²) in [6.07, 6.45) is 4.49. The molecule has 0 atom stereocenters. The van der Waals surface area contributed by atoms with Gasteiger partial charge in [-0.25, -0.2) is 0 Å². The summed E-state index contributed by atoms with van der Waals surface area (Å²) in [6.45, 7) is 6.27. The Hall–Kier alpha value is -0.850. The van der Waals surface area contributed by atoms with Crippen LogP contribution in [0, 0.1) is 0 Å². The van der Waals surface area contributed by atoms with E-state index in [1.165, 1.54) is 18.5 Å². The van der Waals surface area contributed by atoms with E-state index >= 15 is 0 Å². The zero-order valence-corrected chi connectivity index (χ0v) is 8.17. The quantitative estimate of drug-likeness (QED) is 0.619. The van der Waals surface area contributed by atoms with Gasteiger partial charge in [-0.1, -0.05) is 26.8 Å². The van der Waals surface area contributed by atoms with E-state index in [0.717, 1.165) is 0 Å². The standard InChI is InChI=1S/C9H11N.C2H6/c1-9(5-6-9)8-4-2-3-7-10-8;1-2/h2-4,7H,5-6H2,1H3;1-2H3. The molecule has 66 valence electrons. The van der Waals surface area contributed by atoms with E-state index in [4.69, 9.17) is 0 Å². The molecule has 1 heterocycles. The van der Waals surface area contributed by atoms with Crippen LogP contribution in [0.25, 0.3) is 0 Å². The number of aromatic nitrogens is 1. The smallest absolute Gasteiger partial charge is 0.0462 e. The molecule has 1 nitrogen and oxygen atoms in total. The van der Waals surface area contributed by atoms with E-state index < -0.39 is 0 Å². The van der Waals surface area contributed by atoms with Crippen LogP contribution in [0.15, 0.2) is 24.4 Å². The minimum absolute atomic E-state index is 0.432. The minimum atomic E-state index is 0.432. The van der Waals surface area contributed by atoms with Crippen molar-refractivity contribution in [3.63, 3.8) is 0 Å². The molecule has 1 aromatic heterocycles. The Morgan fingerprint density at radius 2 is 1.92 bits per heavy atom. The predicted molar refractivity (Wildman–Crippen MR) is 52.2 cm³/mol. The van der Waals surface area contributed by atoms with Crippen LogP contribution in [-0.2, 0) is 5.41 Å². The van der Waals surface area contributed by atoms with Gasteiger partial charge in [-0.05, 0) is 25.0 Å². The molecule has 0 saturated heterocycles. The third-order valence-electron chi connectivity index (χ3n) is 2.28. The molecule has 0 aromatic carbocycles. The van der Waals surface area contributed by atoms with E-state index in [1.807, 2.05) is 26.1 Å². The predicted octanol–water partition coefficient (Wildman–Crippen LogP) is 3.16. The molecule has 2 rings (SSSR count). The van der Waals surface area contributed by atoms with Crippen LogP contribution in [0.4, 0.5) is 0 Å². The summed E-state index contributed by atoms with van der Waals surface area (Å²) in [5, 5.41) is 0. The second kappa shape index (κ2) is 3.70. The Labute approximate surface area is 74.8 Å². The lowest BCUT2D eigenvalue weighted by atomic mass is 10.1. The maximum absolute atomic E-state index is 4.31. The van der Waals surface area contributed by atoms with Gasteiger partial charge in [0.1, 0.15) is 0 Å². The van der Waals surface area contributed by atoms with Gasteiger partial charge >= 0.3 is 0 Å². The Kier molecular flexibility index (Phi) is 2.85. The lowest BCUT2D eigenvalue weighted by Gasteiger charge is -2.04. The van der Waals surface area contributed by atoms with Crippen LogP contribution in [0.3, 0.4) is 0 Å². The van der Waals surface area contributed by atoms with E-state index in [0.29, 0.717) is 5.41 Å². The third kappa shape index (κ3) is 1.84. The van der Waals surface area contributed by atoms with Crippen molar-refractivity contribution in [1.29, 1.82) is 0 Å². The summed E-state index contributed by atoms with van der Waals surface area (Å²) in [4.78, 5) is 4.31. The largest absolute Gasteiger partial charge is 0.261 e. The van der Waals surface area contributed by atoms with E-state index in [2.05, 4.69) is 24.0 Å². The molecular formula is C11H17N. The number of hydrogen-bond donors (Lipinski definition) is 0. The summed E-state index contributed by atoms with van der Waals surface area (Å²) in [7, 11) is 0. The van der Waals surface area contributed by atoms with Gasteiger partial charge in [-0.2, -0.15) is 0 Å². The maximum Gasteiger partial charge on any atom is 0.0462 e. The van der Waals surface area contributed by atoms with Crippen LogP contribution in [0.1, 0.15) is 39.3 Å². The highest BCUT2D eigenvalue weighted by Gasteiger charge is 2.39. The normalized spacial score (nSPS) is 17.6. The first-order valence-corrected chi connectivity index (χ1v) is 4.73. The van der Waals surface area contributed by atoms with Crippen molar-refractivity contribution in [3.8, 4) is 0 Å². The highest BCUT2D eigenvalue weighted by Crippen LogP contribution is 2.46. The van der Waals surface area contributed by atoms with Crippen molar-refractivity contribution in [1.82, 2.24) is 4.98 Å². The van der Waals surface area contributed by atoms with Crippen LogP contribution in [0.2, 0.25) is 0 Å². The summed E-state index contributed by atoms with van der Waals surface area (Å²) in [5.74, 6) is 0. The molecule has 0 bridgehead atoms. The van der Waals surface area contributed by atoms with Crippen molar-refractivity contribution < 1.29 is 0 Å². The van der Waals surface area contributed by atoms with Gasteiger partial charge in [0, 0.05) is 17.3 Å². The molecule has 0 unspecified atom stereocenters. The average molecular weight is 163 g/mol. The fourth-order valence-corrected chi connectivity index (χ4v) is 1.16. The fourth-order valence-electron chi connectivity index (χ4n) is 1.16. The minimum Gasteiger partial charge on any atom is -0.261 e. The SMILES string of the molecule is CC.CC1(c2ccccn2)CC1. The first-order chi connectivity index (χ1) is 5.81. The lowest BCUT2D eigenvalue weighted by Crippen LogP contribution is -2.01. The fraction of sp³-hybridized carbons (Fsp3) is 0.545. The molecule has 0 spiro atoms. The van der Waals surface area contributed by atoms with Crippen molar-refractivity contribution in [2.75, 3.05) is 0 Å². The topological polar surface area (TPSA) is 12.9 Å². The van der Waals surface area contributed by atoms with Gasteiger partial charge < -0.3 is 0 Å². The van der Waals surface area contributed by atoms with Crippen LogP contribution in [0.5, 0.6) is 0 Å². The van der Waals surface area contributed by atoms with E-state index in [1.54, 1.807) is 0 Å². The summed E-state index contributed by atoms with van der Waals surface area (Å²) in [6, 6.07) is 6.15. The van der Waals surface area contributed by atoms with Gasteiger partial charge in [0.2, 0.25) is 0 Å². The summed E-state index contributed by atoms with van der Waals surface area (Å²) < 4.78 is 0. The van der Waals surface area contributed by atoms with Gasteiger partial charge in [0.05, 0.1) is 0 Å². The molecular weight excluding hydrogens is 146 g/mol. The molecule has 0 radical (unpaired) electrons. The first-order valence-electron chi connectivity index (χ1n) is 4.73. The molecule has 1 aromatic rings. The Balaban J connectivity index is 0.000000336. The molecule has 1 fully saturated rings. The molecule has 1 aliphatic rings. The number of pyridine rings is 1. The van der Waals surface area contributed by atoms with Gasteiger partial charge in [0.15, 0.2) is 0 Å². The molecule has 1 aliphatic carbocycles.